The number of carbonyl (C=O) groups excluding carboxylic acids is 1. The topological polar surface area (TPSA) is 75.7 Å². The van der Waals surface area contributed by atoms with Crippen molar-refractivity contribution in [2.24, 2.45) is 0 Å². The van der Waals surface area contributed by atoms with Gasteiger partial charge >= 0.3 is 0 Å². The third-order valence-corrected chi connectivity index (χ3v) is 6.91. The van der Waals surface area contributed by atoms with Gasteiger partial charge in [0, 0.05) is 18.8 Å². The number of anilines is 1. The molecular weight excluding hydrogens is 376 g/mol. The number of aryl methyl sites for hydroxylation is 1. The van der Waals surface area contributed by atoms with Gasteiger partial charge in [0.05, 0.1) is 17.6 Å². The summed E-state index contributed by atoms with van der Waals surface area (Å²) in [5.41, 5.74) is 1.92. The van der Waals surface area contributed by atoms with E-state index in [0.717, 1.165) is 31.2 Å². The van der Waals surface area contributed by atoms with E-state index >= 15 is 0 Å². The molecule has 6 nitrogen and oxygen atoms in total. The van der Waals surface area contributed by atoms with E-state index in [1.807, 2.05) is 31.2 Å². The number of rotatable bonds is 6. The van der Waals surface area contributed by atoms with Gasteiger partial charge in [-0.15, -0.1) is 0 Å². The highest BCUT2D eigenvalue weighted by atomic mass is 32.2. The van der Waals surface area contributed by atoms with Crippen LogP contribution in [0.1, 0.15) is 42.1 Å². The molecule has 0 saturated carbocycles. The number of nitrogens with zero attached hydrogens (tertiary/aromatic N) is 1. The van der Waals surface area contributed by atoms with Crippen molar-refractivity contribution in [1.82, 2.24) is 4.31 Å². The molecule has 0 spiro atoms. The van der Waals surface area contributed by atoms with Crippen LogP contribution < -0.4 is 10.1 Å². The van der Waals surface area contributed by atoms with Gasteiger partial charge in [-0.2, -0.15) is 4.31 Å². The number of hydrogen-bond acceptors (Lipinski definition) is 4. The van der Waals surface area contributed by atoms with Crippen molar-refractivity contribution in [2.75, 3.05) is 25.5 Å². The van der Waals surface area contributed by atoms with Crippen LogP contribution in [-0.2, 0) is 16.4 Å². The van der Waals surface area contributed by atoms with E-state index in [9.17, 15) is 13.2 Å². The number of hydrogen-bond donors (Lipinski definition) is 1. The number of amides is 1. The Morgan fingerprint density at radius 3 is 2.50 bits per heavy atom. The molecule has 150 valence electrons. The summed E-state index contributed by atoms with van der Waals surface area (Å²) in [5, 5.41) is 2.88. The molecule has 1 amide bonds. The number of carbonyl (C=O) groups is 1. The molecule has 2 aromatic rings. The molecule has 0 unspecified atom stereocenters. The van der Waals surface area contributed by atoms with Gasteiger partial charge in [-0.3, -0.25) is 4.79 Å². The van der Waals surface area contributed by atoms with Crippen molar-refractivity contribution in [1.29, 1.82) is 0 Å². The molecule has 0 aromatic heterocycles. The second-order valence-corrected chi connectivity index (χ2v) is 8.73. The number of nitrogens with one attached hydrogen (secondary N) is 1. The van der Waals surface area contributed by atoms with Crippen LogP contribution >= 0.6 is 0 Å². The van der Waals surface area contributed by atoms with Crippen LogP contribution in [0.2, 0.25) is 0 Å². The SMILES string of the molecule is CCc1ccccc1NC(=O)c1cc(S(=O)(=O)N2CCCCC2)ccc1OC. The minimum absolute atomic E-state index is 0.115. The van der Waals surface area contributed by atoms with E-state index in [-0.39, 0.29) is 10.5 Å². The Hall–Kier alpha value is -2.38. The molecule has 1 aliphatic heterocycles. The van der Waals surface area contributed by atoms with Gasteiger partial charge in [0.15, 0.2) is 0 Å². The van der Waals surface area contributed by atoms with E-state index in [2.05, 4.69) is 5.32 Å². The highest BCUT2D eigenvalue weighted by Gasteiger charge is 2.27. The molecule has 0 atom stereocenters. The molecule has 1 fully saturated rings. The quantitative estimate of drug-likeness (QED) is 0.800. The summed E-state index contributed by atoms with van der Waals surface area (Å²) in [6.45, 7) is 3.04. The fourth-order valence-electron chi connectivity index (χ4n) is 3.42. The number of methoxy groups -OCH3 is 1. The zero-order chi connectivity index (χ0) is 20.1. The second kappa shape index (κ2) is 8.75. The molecular formula is C21H26N2O4S. The zero-order valence-electron chi connectivity index (χ0n) is 16.3. The van der Waals surface area contributed by atoms with Gasteiger partial charge in [0.1, 0.15) is 5.75 Å². The van der Waals surface area contributed by atoms with E-state index in [4.69, 9.17) is 4.74 Å². The summed E-state index contributed by atoms with van der Waals surface area (Å²) in [5.74, 6) is -0.0579. The summed E-state index contributed by atoms with van der Waals surface area (Å²) in [4.78, 5) is 13.0. The van der Waals surface area contributed by atoms with Crippen LogP contribution in [0.5, 0.6) is 5.75 Å². The van der Waals surface area contributed by atoms with Crippen LogP contribution in [-0.4, -0.2) is 38.8 Å². The first kappa shape index (κ1) is 20.4. The molecule has 7 heteroatoms. The lowest BCUT2D eigenvalue weighted by molar-refractivity contribution is 0.102. The maximum atomic E-state index is 13.0. The standard InChI is InChI=1S/C21H26N2O4S/c1-3-16-9-5-6-10-19(16)22-21(24)18-15-17(11-12-20(18)27-2)28(25,26)23-13-7-4-8-14-23/h5-6,9-12,15H,3-4,7-8,13-14H2,1-2H3,(H,22,24). The number of piperidine rings is 1. The lowest BCUT2D eigenvalue weighted by Gasteiger charge is -2.26. The molecule has 2 aromatic carbocycles. The predicted molar refractivity (Wildman–Crippen MR) is 109 cm³/mol. The highest BCUT2D eigenvalue weighted by molar-refractivity contribution is 7.89. The molecule has 0 aliphatic carbocycles. The monoisotopic (exact) mass is 402 g/mol. The molecule has 3 rings (SSSR count). The maximum absolute atomic E-state index is 13.0. The van der Waals surface area contributed by atoms with Gasteiger partial charge in [-0.25, -0.2) is 8.42 Å². The minimum atomic E-state index is -3.63. The second-order valence-electron chi connectivity index (χ2n) is 6.79. The van der Waals surface area contributed by atoms with Gasteiger partial charge in [0.2, 0.25) is 10.0 Å². The molecule has 1 saturated heterocycles. The van der Waals surface area contributed by atoms with Crippen molar-refractivity contribution < 1.29 is 17.9 Å². The van der Waals surface area contributed by atoms with E-state index in [0.29, 0.717) is 24.5 Å². The minimum Gasteiger partial charge on any atom is -0.496 e. The Kier molecular flexibility index (Phi) is 6.36. The molecule has 0 bridgehead atoms. The molecule has 28 heavy (non-hydrogen) atoms. The first-order valence-corrected chi connectivity index (χ1v) is 11.0. The number of ether oxygens (including phenoxy) is 1. The molecule has 1 aliphatic rings. The van der Waals surface area contributed by atoms with Crippen molar-refractivity contribution in [3.05, 3.63) is 53.6 Å². The van der Waals surface area contributed by atoms with Crippen molar-refractivity contribution in [3.63, 3.8) is 0 Å². The van der Waals surface area contributed by atoms with Gasteiger partial charge in [0.25, 0.3) is 5.91 Å². The fraction of sp³-hybridized carbons (Fsp3) is 0.381. The van der Waals surface area contributed by atoms with Gasteiger partial charge < -0.3 is 10.1 Å². The van der Waals surface area contributed by atoms with Crippen LogP contribution in [0.4, 0.5) is 5.69 Å². The molecule has 0 radical (unpaired) electrons. The third kappa shape index (κ3) is 4.20. The largest absolute Gasteiger partial charge is 0.496 e. The van der Waals surface area contributed by atoms with Crippen molar-refractivity contribution in [2.45, 2.75) is 37.5 Å². The van der Waals surface area contributed by atoms with Crippen molar-refractivity contribution >= 4 is 21.6 Å². The van der Waals surface area contributed by atoms with Crippen molar-refractivity contribution in [3.8, 4) is 5.75 Å². The summed E-state index contributed by atoms with van der Waals surface area (Å²) < 4.78 is 32.7. The summed E-state index contributed by atoms with van der Waals surface area (Å²) in [6, 6.07) is 12.0. The van der Waals surface area contributed by atoms with E-state index < -0.39 is 15.9 Å². The lowest BCUT2D eigenvalue weighted by Crippen LogP contribution is -2.35. The Bertz CT molecular complexity index is 951. The Morgan fingerprint density at radius 2 is 1.82 bits per heavy atom. The summed E-state index contributed by atoms with van der Waals surface area (Å²) in [6.07, 6.45) is 3.53. The fourth-order valence-corrected chi connectivity index (χ4v) is 4.96. The van der Waals surface area contributed by atoms with Crippen LogP contribution in [0.15, 0.2) is 47.4 Å². The predicted octanol–water partition coefficient (Wildman–Crippen LogP) is 3.68. The smallest absolute Gasteiger partial charge is 0.259 e. The maximum Gasteiger partial charge on any atom is 0.259 e. The number of sulfonamides is 1. The Labute approximate surface area is 166 Å². The van der Waals surface area contributed by atoms with Gasteiger partial charge in [-0.1, -0.05) is 31.5 Å². The lowest BCUT2D eigenvalue weighted by atomic mass is 10.1. The zero-order valence-corrected chi connectivity index (χ0v) is 17.1. The summed E-state index contributed by atoms with van der Waals surface area (Å²) >= 11 is 0. The van der Waals surface area contributed by atoms with E-state index in [1.165, 1.54) is 29.6 Å². The normalized spacial score (nSPS) is 15.2. The Balaban J connectivity index is 1.93. The highest BCUT2D eigenvalue weighted by Crippen LogP contribution is 2.27. The first-order chi connectivity index (χ1) is 13.5. The number of para-hydroxylation sites is 1. The van der Waals surface area contributed by atoms with Crippen LogP contribution in [0.25, 0.3) is 0 Å². The summed E-state index contributed by atoms with van der Waals surface area (Å²) in [7, 11) is -2.17. The number of benzene rings is 2. The van der Waals surface area contributed by atoms with Gasteiger partial charge in [-0.05, 0) is 49.1 Å². The van der Waals surface area contributed by atoms with E-state index in [1.54, 1.807) is 0 Å². The van der Waals surface area contributed by atoms with Crippen LogP contribution in [0, 0.1) is 0 Å². The average molecular weight is 403 g/mol. The Morgan fingerprint density at radius 1 is 1.11 bits per heavy atom. The average Bonchev–Trinajstić information content (AvgIpc) is 2.74. The molecule has 1 heterocycles. The first-order valence-electron chi connectivity index (χ1n) is 9.55. The third-order valence-electron chi connectivity index (χ3n) is 5.01. The molecule has 1 N–H and O–H groups in total. The van der Waals surface area contributed by atoms with Crippen LogP contribution in [0.3, 0.4) is 0 Å².